The summed E-state index contributed by atoms with van der Waals surface area (Å²) in [4.78, 5) is 12.9. The van der Waals surface area contributed by atoms with Gasteiger partial charge >= 0.3 is 0 Å². The lowest BCUT2D eigenvalue weighted by Gasteiger charge is -2.25. The van der Waals surface area contributed by atoms with Gasteiger partial charge < -0.3 is 10.5 Å². The molecule has 0 radical (unpaired) electrons. The third kappa shape index (κ3) is 5.21. The summed E-state index contributed by atoms with van der Waals surface area (Å²) in [5.74, 6) is 0.119. The van der Waals surface area contributed by atoms with Gasteiger partial charge in [-0.3, -0.25) is 9.69 Å². The number of likely N-dealkylation sites (tertiary alicyclic amines) is 1. The van der Waals surface area contributed by atoms with Crippen molar-refractivity contribution in [3.63, 3.8) is 0 Å². The fourth-order valence-electron chi connectivity index (χ4n) is 2.93. The number of ether oxygens (including phenoxy) is 1. The van der Waals surface area contributed by atoms with Gasteiger partial charge in [-0.15, -0.1) is 0 Å². The average molecular weight is 340 g/mol. The van der Waals surface area contributed by atoms with Crippen molar-refractivity contribution in [1.29, 1.82) is 0 Å². The summed E-state index contributed by atoms with van der Waals surface area (Å²) in [6.07, 6.45) is 1.94. The molecule has 0 aliphatic carbocycles. The molecule has 1 aliphatic rings. The van der Waals surface area contributed by atoms with E-state index in [1.165, 1.54) is 0 Å². The van der Waals surface area contributed by atoms with Gasteiger partial charge in [-0.25, -0.2) is 8.42 Å². The molecule has 2 N–H and O–H groups in total. The van der Waals surface area contributed by atoms with Crippen LogP contribution in [0, 0.1) is 0 Å². The maximum Gasteiger partial charge on any atom is 0.218 e. The predicted molar refractivity (Wildman–Crippen MR) is 89.0 cm³/mol. The summed E-state index contributed by atoms with van der Waals surface area (Å²) < 4.78 is 29.2. The first-order valence-electron chi connectivity index (χ1n) is 7.78. The van der Waals surface area contributed by atoms with Crippen LogP contribution < -0.4 is 10.5 Å². The van der Waals surface area contributed by atoms with Crippen LogP contribution in [0.4, 0.5) is 0 Å². The van der Waals surface area contributed by atoms with Gasteiger partial charge in [-0.2, -0.15) is 0 Å². The maximum absolute atomic E-state index is 12.0. The van der Waals surface area contributed by atoms with Gasteiger partial charge in [0.15, 0.2) is 9.84 Å². The minimum Gasteiger partial charge on any atom is -0.497 e. The molecule has 1 atom stereocenters. The van der Waals surface area contributed by atoms with E-state index in [-0.39, 0.29) is 24.0 Å². The first-order valence-corrected chi connectivity index (χ1v) is 9.60. The number of rotatable bonds is 8. The van der Waals surface area contributed by atoms with E-state index >= 15 is 0 Å². The Bertz CT molecular complexity index is 645. The Labute approximate surface area is 137 Å². The molecule has 1 fully saturated rings. The second kappa shape index (κ2) is 7.79. The van der Waals surface area contributed by atoms with Gasteiger partial charge in [-0.1, -0.05) is 12.1 Å². The number of hydrogen-bond acceptors (Lipinski definition) is 5. The highest BCUT2D eigenvalue weighted by atomic mass is 32.2. The number of carbonyl (C=O) groups is 1. The normalized spacial score (nSPS) is 18.9. The van der Waals surface area contributed by atoms with Crippen LogP contribution in [0.15, 0.2) is 24.3 Å². The summed E-state index contributed by atoms with van der Waals surface area (Å²) in [6.45, 7) is 1.36. The fourth-order valence-corrected chi connectivity index (χ4v) is 4.16. The minimum atomic E-state index is -3.25. The van der Waals surface area contributed by atoms with E-state index in [1.807, 2.05) is 24.3 Å². The molecule has 1 unspecified atom stereocenters. The summed E-state index contributed by atoms with van der Waals surface area (Å²) in [6, 6.07) is 8.12. The number of primary amides is 1. The van der Waals surface area contributed by atoms with E-state index in [0.717, 1.165) is 30.7 Å². The van der Waals surface area contributed by atoms with Gasteiger partial charge in [-0.05, 0) is 37.1 Å². The van der Waals surface area contributed by atoms with Crippen LogP contribution >= 0.6 is 0 Å². The summed E-state index contributed by atoms with van der Waals surface area (Å²) in [7, 11) is -1.61. The Kier molecular flexibility index (Phi) is 6.01. The minimum absolute atomic E-state index is 0.0563. The van der Waals surface area contributed by atoms with E-state index in [9.17, 15) is 13.2 Å². The predicted octanol–water partition coefficient (Wildman–Crippen LogP) is 1.12. The molecular weight excluding hydrogens is 316 g/mol. The number of nitrogens with two attached hydrogens (primary N) is 1. The smallest absolute Gasteiger partial charge is 0.218 e. The third-order valence-electron chi connectivity index (χ3n) is 4.19. The van der Waals surface area contributed by atoms with Crippen LogP contribution in [0.1, 0.15) is 30.9 Å². The summed E-state index contributed by atoms with van der Waals surface area (Å²) in [5, 5.41) is 0. The Hall–Kier alpha value is -1.60. The van der Waals surface area contributed by atoms with E-state index < -0.39 is 15.7 Å². The van der Waals surface area contributed by atoms with Gasteiger partial charge in [0.25, 0.3) is 0 Å². The van der Waals surface area contributed by atoms with Gasteiger partial charge in [0.05, 0.1) is 18.6 Å². The summed E-state index contributed by atoms with van der Waals surface area (Å²) in [5.41, 5.74) is 6.17. The lowest BCUT2D eigenvalue weighted by molar-refractivity contribution is -0.117. The van der Waals surface area contributed by atoms with Crippen LogP contribution in [-0.2, 0) is 14.6 Å². The molecule has 1 aliphatic heterocycles. The SMILES string of the molecule is COc1cccc(C2CCCN2CCS(=O)(=O)CCC(N)=O)c1. The molecule has 0 saturated carbocycles. The fraction of sp³-hybridized carbons (Fsp3) is 0.562. The molecule has 1 amide bonds. The Balaban J connectivity index is 1.97. The molecule has 1 heterocycles. The van der Waals surface area contributed by atoms with Crippen molar-refractivity contribution >= 4 is 15.7 Å². The topological polar surface area (TPSA) is 89.7 Å². The second-order valence-corrected chi connectivity index (χ2v) is 8.14. The van der Waals surface area contributed by atoms with Crippen LogP contribution in [0.2, 0.25) is 0 Å². The van der Waals surface area contributed by atoms with Crippen molar-refractivity contribution < 1.29 is 17.9 Å². The Morgan fingerprint density at radius 1 is 1.39 bits per heavy atom. The molecule has 0 spiro atoms. The first-order chi connectivity index (χ1) is 10.9. The molecule has 6 nitrogen and oxygen atoms in total. The molecule has 1 aromatic carbocycles. The van der Waals surface area contributed by atoms with Crippen LogP contribution in [0.5, 0.6) is 5.75 Å². The van der Waals surface area contributed by atoms with Crippen LogP contribution in [0.3, 0.4) is 0 Å². The van der Waals surface area contributed by atoms with Crippen molar-refractivity contribution in [3.05, 3.63) is 29.8 Å². The molecule has 1 saturated heterocycles. The van der Waals surface area contributed by atoms with Crippen molar-refractivity contribution in [2.45, 2.75) is 25.3 Å². The maximum atomic E-state index is 12.0. The lowest BCUT2D eigenvalue weighted by atomic mass is 10.0. The van der Waals surface area contributed by atoms with Crippen LogP contribution in [0.25, 0.3) is 0 Å². The van der Waals surface area contributed by atoms with Crippen molar-refractivity contribution in [2.75, 3.05) is 31.7 Å². The average Bonchev–Trinajstić information content (AvgIpc) is 3.00. The van der Waals surface area contributed by atoms with Crippen LogP contribution in [-0.4, -0.2) is 50.9 Å². The number of methoxy groups -OCH3 is 1. The monoisotopic (exact) mass is 340 g/mol. The van der Waals surface area contributed by atoms with E-state index in [4.69, 9.17) is 10.5 Å². The molecule has 2 rings (SSSR count). The summed E-state index contributed by atoms with van der Waals surface area (Å²) >= 11 is 0. The molecule has 7 heteroatoms. The van der Waals surface area contributed by atoms with E-state index in [0.29, 0.717) is 6.54 Å². The number of amides is 1. The molecule has 0 aromatic heterocycles. The Morgan fingerprint density at radius 2 is 2.17 bits per heavy atom. The molecule has 128 valence electrons. The number of benzene rings is 1. The first kappa shape index (κ1) is 17.7. The zero-order valence-electron chi connectivity index (χ0n) is 13.4. The van der Waals surface area contributed by atoms with E-state index in [2.05, 4.69) is 4.90 Å². The largest absolute Gasteiger partial charge is 0.497 e. The van der Waals surface area contributed by atoms with Crippen molar-refractivity contribution in [3.8, 4) is 5.75 Å². The highest BCUT2D eigenvalue weighted by Crippen LogP contribution is 2.33. The van der Waals surface area contributed by atoms with E-state index in [1.54, 1.807) is 7.11 Å². The standard InChI is InChI=1S/C16H24N2O4S/c1-22-14-5-2-4-13(12-14)15-6-3-8-18(15)9-11-23(20,21)10-7-16(17)19/h2,4-5,12,15H,3,6-11H2,1H3,(H2,17,19). The zero-order valence-corrected chi connectivity index (χ0v) is 14.2. The molecule has 1 aromatic rings. The number of nitrogens with zero attached hydrogens (tertiary/aromatic N) is 1. The van der Waals surface area contributed by atoms with Crippen molar-refractivity contribution in [1.82, 2.24) is 4.90 Å². The quantitative estimate of drug-likeness (QED) is 0.766. The lowest BCUT2D eigenvalue weighted by Crippen LogP contribution is -2.30. The Morgan fingerprint density at radius 3 is 2.87 bits per heavy atom. The van der Waals surface area contributed by atoms with Crippen molar-refractivity contribution in [2.24, 2.45) is 5.73 Å². The molecule has 23 heavy (non-hydrogen) atoms. The third-order valence-corrected chi connectivity index (χ3v) is 5.82. The van der Waals surface area contributed by atoms with Gasteiger partial charge in [0.1, 0.15) is 5.75 Å². The van der Waals surface area contributed by atoms with Gasteiger partial charge in [0.2, 0.25) is 5.91 Å². The zero-order chi connectivity index (χ0) is 16.9. The number of carbonyl (C=O) groups excluding carboxylic acids is 1. The number of hydrogen-bond donors (Lipinski definition) is 1. The second-order valence-electron chi connectivity index (χ2n) is 5.84. The van der Waals surface area contributed by atoms with Gasteiger partial charge in [0, 0.05) is 19.0 Å². The highest BCUT2D eigenvalue weighted by Gasteiger charge is 2.27. The highest BCUT2D eigenvalue weighted by molar-refractivity contribution is 7.91. The molecule has 0 bridgehead atoms. The molecular formula is C16H24N2O4S. The number of sulfone groups is 1.